The van der Waals surface area contributed by atoms with E-state index in [0.29, 0.717) is 5.75 Å². The van der Waals surface area contributed by atoms with Crippen molar-refractivity contribution in [3.63, 3.8) is 0 Å². The predicted octanol–water partition coefficient (Wildman–Crippen LogP) is 3.50. The third-order valence-electron chi connectivity index (χ3n) is 3.82. The van der Waals surface area contributed by atoms with Gasteiger partial charge >= 0.3 is 0 Å². The minimum Gasteiger partial charge on any atom is -0.337 e. The van der Waals surface area contributed by atoms with Gasteiger partial charge in [0.15, 0.2) is 0 Å². The lowest BCUT2D eigenvalue weighted by molar-refractivity contribution is -0.129. The predicted molar refractivity (Wildman–Crippen MR) is 88.2 cm³/mol. The van der Waals surface area contributed by atoms with Crippen molar-refractivity contribution in [2.45, 2.75) is 18.7 Å². The Labute approximate surface area is 130 Å². The molecule has 3 rings (SSSR count). The Kier molecular flexibility index (Phi) is 4.61. The van der Waals surface area contributed by atoms with Crippen LogP contribution in [0.25, 0.3) is 0 Å². The largest absolute Gasteiger partial charge is 0.337 e. The van der Waals surface area contributed by atoms with Gasteiger partial charge in [0.25, 0.3) is 0 Å². The molecule has 0 aliphatic carbocycles. The van der Waals surface area contributed by atoms with Gasteiger partial charge < -0.3 is 4.90 Å². The van der Waals surface area contributed by atoms with Gasteiger partial charge in [0.1, 0.15) is 0 Å². The summed E-state index contributed by atoms with van der Waals surface area (Å²) in [5, 5.41) is 0. The Bertz CT molecular complexity index is 612. The highest BCUT2D eigenvalue weighted by Crippen LogP contribution is 2.20. The fourth-order valence-electron chi connectivity index (χ4n) is 2.63. The van der Waals surface area contributed by atoms with E-state index in [1.165, 1.54) is 16.7 Å². The first-order valence-electron chi connectivity index (χ1n) is 7.29. The lowest BCUT2D eigenvalue weighted by Crippen LogP contribution is -2.37. The van der Waals surface area contributed by atoms with Crippen LogP contribution in [0.2, 0.25) is 0 Å². The van der Waals surface area contributed by atoms with E-state index in [1.54, 1.807) is 11.8 Å². The SMILES string of the molecule is O=C(CSCc1ccccc1)N1CCc2ccccc2C1. The number of carbonyl (C=O) groups is 1. The number of nitrogens with zero attached hydrogens (tertiary/aromatic N) is 1. The number of rotatable bonds is 4. The molecule has 0 atom stereocenters. The summed E-state index contributed by atoms with van der Waals surface area (Å²) in [7, 11) is 0. The zero-order valence-electron chi connectivity index (χ0n) is 12.0. The molecule has 1 heterocycles. The topological polar surface area (TPSA) is 20.3 Å². The second kappa shape index (κ2) is 6.81. The minimum absolute atomic E-state index is 0.255. The first kappa shape index (κ1) is 14.2. The molecule has 3 heteroatoms. The third kappa shape index (κ3) is 3.67. The second-order valence-electron chi connectivity index (χ2n) is 5.31. The number of hydrogen-bond acceptors (Lipinski definition) is 2. The second-order valence-corrected chi connectivity index (χ2v) is 6.30. The van der Waals surface area contributed by atoms with Crippen LogP contribution in [0.3, 0.4) is 0 Å². The van der Waals surface area contributed by atoms with Gasteiger partial charge in [-0.2, -0.15) is 0 Å². The molecule has 2 nitrogen and oxygen atoms in total. The first-order chi connectivity index (χ1) is 10.3. The maximum atomic E-state index is 12.3. The molecule has 2 aromatic rings. The summed E-state index contributed by atoms with van der Waals surface area (Å²) in [5.74, 6) is 1.72. The molecule has 1 aliphatic rings. The van der Waals surface area contributed by atoms with Gasteiger partial charge in [-0.1, -0.05) is 54.6 Å². The summed E-state index contributed by atoms with van der Waals surface area (Å²) >= 11 is 1.70. The lowest BCUT2D eigenvalue weighted by Gasteiger charge is -2.28. The average Bonchev–Trinajstić information content (AvgIpc) is 2.55. The lowest BCUT2D eigenvalue weighted by atomic mass is 10.00. The van der Waals surface area contributed by atoms with Crippen molar-refractivity contribution in [2.75, 3.05) is 12.3 Å². The summed E-state index contributed by atoms with van der Waals surface area (Å²) < 4.78 is 0. The quantitative estimate of drug-likeness (QED) is 0.861. The molecule has 0 unspecified atom stereocenters. The highest BCUT2D eigenvalue weighted by atomic mass is 32.2. The molecule has 0 fully saturated rings. The molecule has 21 heavy (non-hydrogen) atoms. The Hall–Kier alpha value is -1.74. The fourth-order valence-corrected chi connectivity index (χ4v) is 3.52. The number of fused-ring (bicyclic) bond motifs is 1. The Balaban J connectivity index is 1.50. The van der Waals surface area contributed by atoms with Crippen molar-refractivity contribution in [1.29, 1.82) is 0 Å². The van der Waals surface area contributed by atoms with Gasteiger partial charge in [-0.3, -0.25) is 4.79 Å². The Morgan fingerprint density at radius 2 is 1.71 bits per heavy atom. The molecule has 0 saturated heterocycles. The highest BCUT2D eigenvalue weighted by molar-refractivity contribution is 7.99. The van der Waals surface area contributed by atoms with E-state index in [4.69, 9.17) is 0 Å². The van der Waals surface area contributed by atoms with Gasteiger partial charge in [0.05, 0.1) is 5.75 Å². The van der Waals surface area contributed by atoms with Crippen LogP contribution in [0.4, 0.5) is 0 Å². The Morgan fingerprint density at radius 1 is 1.00 bits per heavy atom. The number of carbonyl (C=O) groups excluding carboxylic acids is 1. The number of thioether (sulfide) groups is 1. The number of benzene rings is 2. The molecular formula is C18H19NOS. The van der Waals surface area contributed by atoms with E-state index in [0.717, 1.165) is 25.3 Å². The van der Waals surface area contributed by atoms with Crippen LogP contribution < -0.4 is 0 Å². The van der Waals surface area contributed by atoms with Crippen LogP contribution in [0.1, 0.15) is 16.7 Å². The zero-order valence-corrected chi connectivity index (χ0v) is 12.8. The number of amides is 1. The van der Waals surface area contributed by atoms with Crippen LogP contribution >= 0.6 is 11.8 Å². The molecule has 2 aromatic carbocycles. The van der Waals surface area contributed by atoms with Crippen LogP contribution in [0.5, 0.6) is 0 Å². The molecule has 0 bridgehead atoms. The van der Waals surface area contributed by atoms with Gasteiger partial charge in [-0.25, -0.2) is 0 Å². The van der Waals surface area contributed by atoms with Gasteiger partial charge in [0.2, 0.25) is 5.91 Å². The minimum atomic E-state index is 0.255. The normalized spacial score (nSPS) is 13.8. The summed E-state index contributed by atoms with van der Waals surface area (Å²) in [6.07, 6.45) is 0.977. The molecule has 108 valence electrons. The molecule has 1 aliphatic heterocycles. The summed E-state index contributed by atoms with van der Waals surface area (Å²) in [6.45, 7) is 1.61. The average molecular weight is 297 g/mol. The van der Waals surface area contributed by atoms with Crippen molar-refractivity contribution in [1.82, 2.24) is 4.90 Å². The molecular weight excluding hydrogens is 278 g/mol. The standard InChI is InChI=1S/C18H19NOS/c20-18(14-21-13-15-6-2-1-3-7-15)19-11-10-16-8-4-5-9-17(16)12-19/h1-9H,10-14H2. The van der Waals surface area contributed by atoms with E-state index in [9.17, 15) is 4.79 Å². The van der Waals surface area contributed by atoms with Crippen LogP contribution in [-0.2, 0) is 23.5 Å². The van der Waals surface area contributed by atoms with E-state index < -0.39 is 0 Å². The fraction of sp³-hybridized carbons (Fsp3) is 0.278. The molecule has 1 amide bonds. The van der Waals surface area contributed by atoms with Crippen molar-refractivity contribution in [3.8, 4) is 0 Å². The van der Waals surface area contributed by atoms with Crippen LogP contribution in [-0.4, -0.2) is 23.1 Å². The zero-order chi connectivity index (χ0) is 14.5. The van der Waals surface area contributed by atoms with Gasteiger partial charge in [0, 0.05) is 18.8 Å². The summed E-state index contributed by atoms with van der Waals surface area (Å²) in [4.78, 5) is 14.3. The van der Waals surface area contributed by atoms with Gasteiger partial charge in [-0.05, 0) is 23.1 Å². The summed E-state index contributed by atoms with van der Waals surface area (Å²) in [5.41, 5.74) is 3.96. The van der Waals surface area contributed by atoms with Crippen molar-refractivity contribution in [2.24, 2.45) is 0 Å². The van der Waals surface area contributed by atoms with E-state index in [1.807, 2.05) is 23.1 Å². The maximum absolute atomic E-state index is 12.3. The van der Waals surface area contributed by atoms with E-state index in [-0.39, 0.29) is 5.91 Å². The molecule has 0 spiro atoms. The molecule has 0 aromatic heterocycles. The van der Waals surface area contributed by atoms with Crippen molar-refractivity contribution in [3.05, 3.63) is 71.3 Å². The van der Waals surface area contributed by atoms with E-state index in [2.05, 4.69) is 36.4 Å². The molecule has 0 saturated carbocycles. The van der Waals surface area contributed by atoms with Gasteiger partial charge in [-0.15, -0.1) is 11.8 Å². The highest BCUT2D eigenvalue weighted by Gasteiger charge is 2.19. The van der Waals surface area contributed by atoms with Crippen LogP contribution in [0, 0.1) is 0 Å². The first-order valence-corrected chi connectivity index (χ1v) is 8.44. The monoisotopic (exact) mass is 297 g/mol. The smallest absolute Gasteiger partial charge is 0.232 e. The number of hydrogen-bond donors (Lipinski definition) is 0. The van der Waals surface area contributed by atoms with Crippen LogP contribution in [0.15, 0.2) is 54.6 Å². The molecule has 0 N–H and O–H groups in total. The maximum Gasteiger partial charge on any atom is 0.232 e. The van der Waals surface area contributed by atoms with Crippen molar-refractivity contribution >= 4 is 17.7 Å². The molecule has 0 radical (unpaired) electrons. The third-order valence-corrected chi connectivity index (χ3v) is 4.81. The van der Waals surface area contributed by atoms with Crippen molar-refractivity contribution < 1.29 is 4.79 Å². The Morgan fingerprint density at radius 3 is 2.52 bits per heavy atom. The summed E-state index contributed by atoms with van der Waals surface area (Å²) in [6, 6.07) is 18.7. The van der Waals surface area contributed by atoms with E-state index >= 15 is 0 Å².